The number of rotatable bonds is 5. The molecule has 0 radical (unpaired) electrons. The van der Waals surface area contributed by atoms with Gasteiger partial charge >= 0.3 is 5.97 Å². The van der Waals surface area contributed by atoms with E-state index in [2.05, 4.69) is 10.5 Å². The minimum absolute atomic E-state index is 0.324. The third-order valence-corrected chi connectivity index (χ3v) is 4.54. The normalized spacial score (nSPS) is 10.8. The summed E-state index contributed by atoms with van der Waals surface area (Å²) < 4.78 is 5.64. The SMILES string of the molecule is O=C(NN=Cc1c(OC(=O)c2ccccc2)ccc2ccccc12)c1ccccc1. The van der Waals surface area contributed by atoms with Gasteiger partial charge in [-0.3, -0.25) is 4.79 Å². The van der Waals surface area contributed by atoms with Crippen molar-refractivity contribution in [2.45, 2.75) is 0 Å². The lowest BCUT2D eigenvalue weighted by Crippen LogP contribution is -2.17. The summed E-state index contributed by atoms with van der Waals surface area (Å²) in [6.07, 6.45) is 1.50. The highest BCUT2D eigenvalue weighted by atomic mass is 16.5. The Balaban J connectivity index is 1.64. The maximum Gasteiger partial charge on any atom is 0.343 e. The summed E-state index contributed by atoms with van der Waals surface area (Å²) in [5.74, 6) is -0.427. The van der Waals surface area contributed by atoms with Crippen LogP contribution in [0, 0.1) is 0 Å². The summed E-state index contributed by atoms with van der Waals surface area (Å²) in [5, 5.41) is 5.91. The molecule has 30 heavy (non-hydrogen) atoms. The fraction of sp³-hybridized carbons (Fsp3) is 0. The van der Waals surface area contributed by atoms with Gasteiger partial charge < -0.3 is 4.74 Å². The number of nitrogens with zero attached hydrogens (tertiary/aromatic N) is 1. The third-order valence-electron chi connectivity index (χ3n) is 4.54. The average Bonchev–Trinajstić information content (AvgIpc) is 2.81. The minimum Gasteiger partial charge on any atom is -0.422 e. The van der Waals surface area contributed by atoms with E-state index < -0.39 is 5.97 Å². The fourth-order valence-corrected chi connectivity index (χ4v) is 3.04. The van der Waals surface area contributed by atoms with Gasteiger partial charge in [0, 0.05) is 11.1 Å². The molecular formula is C25H18N2O3. The first-order chi connectivity index (χ1) is 14.7. The number of esters is 1. The van der Waals surface area contributed by atoms with Gasteiger partial charge in [0.1, 0.15) is 5.75 Å². The van der Waals surface area contributed by atoms with Crippen molar-refractivity contribution in [3.05, 3.63) is 114 Å². The smallest absolute Gasteiger partial charge is 0.343 e. The Morgan fingerprint density at radius 1 is 0.733 bits per heavy atom. The van der Waals surface area contributed by atoms with Crippen molar-refractivity contribution in [3.8, 4) is 5.75 Å². The van der Waals surface area contributed by atoms with E-state index >= 15 is 0 Å². The van der Waals surface area contributed by atoms with Gasteiger partial charge in [0.15, 0.2) is 0 Å². The fourth-order valence-electron chi connectivity index (χ4n) is 3.04. The second kappa shape index (κ2) is 8.84. The number of fused-ring (bicyclic) bond motifs is 1. The van der Waals surface area contributed by atoms with Crippen LogP contribution >= 0.6 is 0 Å². The lowest BCUT2D eigenvalue weighted by atomic mass is 10.0. The van der Waals surface area contributed by atoms with E-state index in [4.69, 9.17) is 4.74 Å². The number of benzene rings is 4. The van der Waals surface area contributed by atoms with Crippen molar-refractivity contribution < 1.29 is 14.3 Å². The Bertz CT molecular complexity index is 1220. The van der Waals surface area contributed by atoms with Crippen molar-refractivity contribution in [1.82, 2.24) is 5.43 Å². The van der Waals surface area contributed by atoms with Crippen LogP contribution in [-0.4, -0.2) is 18.1 Å². The molecule has 0 aliphatic carbocycles. The van der Waals surface area contributed by atoms with Crippen LogP contribution in [0.15, 0.2) is 102 Å². The van der Waals surface area contributed by atoms with Gasteiger partial charge in [-0.25, -0.2) is 10.2 Å². The molecule has 1 N–H and O–H groups in total. The monoisotopic (exact) mass is 394 g/mol. The Kier molecular flexibility index (Phi) is 5.62. The molecule has 1 amide bonds. The summed E-state index contributed by atoms with van der Waals surface area (Å²) >= 11 is 0. The molecule has 0 atom stereocenters. The van der Waals surface area contributed by atoms with Crippen molar-refractivity contribution >= 4 is 28.9 Å². The van der Waals surface area contributed by atoms with Crippen molar-refractivity contribution in [2.75, 3.05) is 0 Å². The van der Waals surface area contributed by atoms with Crippen molar-refractivity contribution in [3.63, 3.8) is 0 Å². The van der Waals surface area contributed by atoms with Crippen LogP contribution in [-0.2, 0) is 0 Å². The first-order valence-corrected chi connectivity index (χ1v) is 9.40. The first-order valence-electron chi connectivity index (χ1n) is 9.40. The highest BCUT2D eigenvalue weighted by molar-refractivity contribution is 6.04. The predicted molar refractivity (Wildman–Crippen MR) is 117 cm³/mol. The topological polar surface area (TPSA) is 67.8 Å². The van der Waals surface area contributed by atoms with Crippen LogP contribution in [0.5, 0.6) is 5.75 Å². The summed E-state index contributed by atoms with van der Waals surface area (Å²) in [5.41, 5.74) is 4.07. The number of nitrogens with one attached hydrogen (secondary N) is 1. The zero-order valence-corrected chi connectivity index (χ0v) is 16.0. The van der Waals surface area contributed by atoms with Gasteiger partial charge in [0.25, 0.3) is 5.91 Å². The lowest BCUT2D eigenvalue weighted by Gasteiger charge is -2.10. The quantitative estimate of drug-likeness (QED) is 0.228. The van der Waals surface area contributed by atoms with E-state index in [0.29, 0.717) is 22.4 Å². The second-order valence-electron chi connectivity index (χ2n) is 6.52. The van der Waals surface area contributed by atoms with Gasteiger partial charge in [-0.15, -0.1) is 0 Å². The first kappa shape index (κ1) is 19.1. The number of hydrogen-bond acceptors (Lipinski definition) is 4. The molecule has 5 heteroatoms. The summed E-state index contributed by atoms with van der Waals surface area (Å²) in [6, 6.07) is 28.9. The number of hydrazone groups is 1. The lowest BCUT2D eigenvalue weighted by molar-refractivity contribution is 0.0734. The Labute approximate surface area is 173 Å². The molecule has 0 bridgehead atoms. The van der Waals surface area contributed by atoms with Crippen LogP contribution in [0.4, 0.5) is 0 Å². The van der Waals surface area contributed by atoms with E-state index in [1.807, 2.05) is 42.5 Å². The van der Waals surface area contributed by atoms with Crippen molar-refractivity contribution in [1.29, 1.82) is 0 Å². The van der Waals surface area contributed by atoms with Gasteiger partial charge in [-0.2, -0.15) is 5.10 Å². The number of ether oxygens (including phenoxy) is 1. The standard InChI is InChI=1S/C25H18N2O3/c28-24(19-10-3-1-4-11-19)27-26-17-22-21-14-8-7-9-18(21)15-16-23(22)30-25(29)20-12-5-2-6-13-20/h1-17H,(H,27,28). The van der Waals surface area contributed by atoms with Crippen LogP contribution in [0.3, 0.4) is 0 Å². The number of hydrogen-bond donors (Lipinski definition) is 1. The predicted octanol–water partition coefficient (Wildman–Crippen LogP) is 4.82. The van der Waals surface area contributed by atoms with E-state index in [0.717, 1.165) is 10.8 Å². The summed E-state index contributed by atoms with van der Waals surface area (Å²) in [6.45, 7) is 0. The molecule has 0 saturated carbocycles. The van der Waals surface area contributed by atoms with E-state index in [1.54, 1.807) is 54.6 Å². The summed E-state index contributed by atoms with van der Waals surface area (Å²) in [4.78, 5) is 24.8. The molecule has 146 valence electrons. The molecule has 0 fully saturated rings. The Morgan fingerprint density at radius 3 is 2.10 bits per heavy atom. The summed E-state index contributed by atoms with van der Waals surface area (Å²) in [7, 11) is 0. The van der Waals surface area contributed by atoms with Gasteiger partial charge in [0.05, 0.1) is 11.8 Å². The van der Waals surface area contributed by atoms with E-state index in [-0.39, 0.29) is 5.91 Å². The largest absolute Gasteiger partial charge is 0.422 e. The highest BCUT2D eigenvalue weighted by Crippen LogP contribution is 2.27. The maximum atomic E-state index is 12.5. The number of carbonyl (C=O) groups is 2. The number of amides is 1. The highest BCUT2D eigenvalue weighted by Gasteiger charge is 2.13. The van der Waals surface area contributed by atoms with Crippen LogP contribution in [0.25, 0.3) is 10.8 Å². The molecule has 4 aromatic carbocycles. The minimum atomic E-state index is -0.464. The molecule has 0 saturated heterocycles. The zero-order chi connectivity index (χ0) is 20.8. The zero-order valence-electron chi connectivity index (χ0n) is 16.0. The molecule has 0 heterocycles. The molecule has 0 unspecified atom stereocenters. The molecular weight excluding hydrogens is 376 g/mol. The molecule has 0 aliphatic rings. The Hall–Kier alpha value is -4.25. The second-order valence-corrected chi connectivity index (χ2v) is 6.52. The number of carbonyl (C=O) groups excluding carboxylic acids is 2. The molecule has 5 nitrogen and oxygen atoms in total. The van der Waals surface area contributed by atoms with Gasteiger partial charge in [-0.05, 0) is 41.1 Å². The molecule has 0 aromatic heterocycles. The van der Waals surface area contributed by atoms with Crippen molar-refractivity contribution in [2.24, 2.45) is 5.10 Å². The molecule has 4 aromatic rings. The molecule has 4 rings (SSSR count). The van der Waals surface area contributed by atoms with Crippen LogP contribution in [0.2, 0.25) is 0 Å². The Morgan fingerprint density at radius 2 is 1.37 bits per heavy atom. The maximum absolute atomic E-state index is 12.5. The average molecular weight is 394 g/mol. The van der Waals surface area contributed by atoms with Crippen LogP contribution < -0.4 is 10.2 Å². The van der Waals surface area contributed by atoms with Crippen LogP contribution in [0.1, 0.15) is 26.3 Å². The van der Waals surface area contributed by atoms with Gasteiger partial charge in [0.2, 0.25) is 0 Å². The van der Waals surface area contributed by atoms with E-state index in [1.165, 1.54) is 6.21 Å². The van der Waals surface area contributed by atoms with E-state index in [9.17, 15) is 9.59 Å². The molecule has 0 aliphatic heterocycles. The molecule has 0 spiro atoms. The van der Waals surface area contributed by atoms with Gasteiger partial charge in [-0.1, -0.05) is 66.7 Å². The third kappa shape index (κ3) is 4.25.